The molecule has 10 nitrogen and oxygen atoms in total. The van der Waals surface area contributed by atoms with E-state index in [-0.39, 0.29) is 17.2 Å². The molecule has 2 fully saturated rings. The van der Waals surface area contributed by atoms with Gasteiger partial charge >= 0.3 is 0 Å². The van der Waals surface area contributed by atoms with Crippen LogP contribution >= 0.6 is 0 Å². The molecule has 2 saturated carbocycles. The molecule has 1 aromatic carbocycles. The number of Topliss-reactive ketones (excluding diaryl/α,β-unsaturated/α-hetero) is 2. The van der Waals surface area contributed by atoms with Crippen molar-refractivity contribution in [3.8, 4) is 5.75 Å². The van der Waals surface area contributed by atoms with E-state index in [1.54, 1.807) is 12.5 Å². The number of carbonyl (C=O) groups is 3. The van der Waals surface area contributed by atoms with Crippen LogP contribution in [0.25, 0.3) is 5.76 Å². The van der Waals surface area contributed by atoms with E-state index in [9.17, 15) is 39.9 Å². The fourth-order valence-corrected chi connectivity index (χ4v) is 8.08. The number of hydrogen-bond acceptors (Lipinski definition) is 9. The van der Waals surface area contributed by atoms with Crippen LogP contribution < -0.4 is 5.73 Å². The summed E-state index contributed by atoms with van der Waals surface area (Å²) in [5, 5.41) is 57.8. The first-order valence-electron chi connectivity index (χ1n) is 15.3. The van der Waals surface area contributed by atoms with E-state index in [0.717, 1.165) is 44.9 Å². The quantitative estimate of drug-likeness (QED) is 0.258. The number of fused-ring (bicyclic) bond motifs is 3. The zero-order chi connectivity index (χ0) is 31.5. The highest BCUT2D eigenvalue weighted by Gasteiger charge is 2.67. The van der Waals surface area contributed by atoms with Crippen LogP contribution in [0.1, 0.15) is 81.4 Å². The predicted octanol–water partition coefficient (Wildman–Crippen LogP) is 3.04. The number of rotatable bonds is 7. The van der Waals surface area contributed by atoms with Gasteiger partial charge in [0.2, 0.25) is 5.78 Å². The standard InChI is InChI=1S/C33H43N2O8/c1-5-6-7-18(16-10-8-15(2)9-11-16)19-13-12-17-14-20-22(28(38)21(17)26(19)36)30(40)33(43)24(27(20)37)25(35(3)4)29(39)23(31(33)41)32(34)42/h12-16,18,20,24-25,27,36-38,41,43H,5-11H2,1-4H3,(H2,34,42)/t15?,16?,18?,20-,24-,25+,27+,33+/m0/s1. The Morgan fingerprint density at radius 3 is 2.35 bits per heavy atom. The minimum atomic E-state index is -2.92. The van der Waals surface area contributed by atoms with E-state index in [1.165, 1.54) is 19.0 Å². The summed E-state index contributed by atoms with van der Waals surface area (Å²) in [5.41, 5.74) is 2.22. The Hall–Kier alpha value is -3.21. The predicted molar refractivity (Wildman–Crippen MR) is 159 cm³/mol. The number of carbonyl (C=O) groups excluding carboxylic acids is 3. The number of phenolic OH excluding ortho intramolecular Hbond substituents is 1. The van der Waals surface area contributed by atoms with Gasteiger partial charge in [-0.05, 0) is 62.2 Å². The highest BCUT2D eigenvalue weighted by Crippen LogP contribution is 2.54. The van der Waals surface area contributed by atoms with Crippen molar-refractivity contribution < 1.29 is 39.9 Å². The molecular weight excluding hydrogens is 552 g/mol. The molecule has 10 heteroatoms. The third-order valence-corrected chi connectivity index (χ3v) is 10.4. The summed E-state index contributed by atoms with van der Waals surface area (Å²) in [5.74, 6) is -7.13. The molecule has 233 valence electrons. The summed E-state index contributed by atoms with van der Waals surface area (Å²) in [6, 6.07) is 2.24. The van der Waals surface area contributed by atoms with E-state index in [0.29, 0.717) is 23.0 Å². The van der Waals surface area contributed by atoms with Gasteiger partial charge in [-0.1, -0.05) is 51.7 Å². The van der Waals surface area contributed by atoms with Crippen molar-refractivity contribution in [3.63, 3.8) is 0 Å². The van der Waals surface area contributed by atoms with Crippen LogP contribution in [0.2, 0.25) is 0 Å². The van der Waals surface area contributed by atoms with Crippen molar-refractivity contribution in [2.24, 2.45) is 29.4 Å². The smallest absolute Gasteiger partial charge is 0.255 e. The van der Waals surface area contributed by atoms with Gasteiger partial charge in [-0.2, -0.15) is 0 Å². The molecule has 4 aliphatic carbocycles. The zero-order valence-corrected chi connectivity index (χ0v) is 25.2. The lowest BCUT2D eigenvalue weighted by Gasteiger charge is -2.52. The number of likely N-dealkylation sites (N-methyl/N-ethyl adjacent to an activating group) is 1. The van der Waals surface area contributed by atoms with Gasteiger partial charge in [-0.25, -0.2) is 0 Å². The van der Waals surface area contributed by atoms with Crippen molar-refractivity contribution in [2.45, 2.75) is 82.5 Å². The van der Waals surface area contributed by atoms with Crippen molar-refractivity contribution in [1.29, 1.82) is 0 Å². The molecule has 5 rings (SSSR count). The number of aliphatic hydroxyl groups is 4. The van der Waals surface area contributed by atoms with Gasteiger partial charge in [-0.3, -0.25) is 19.3 Å². The molecular formula is C33H43N2O8. The van der Waals surface area contributed by atoms with Crippen LogP contribution in [-0.2, 0) is 14.4 Å². The second-order valence-electron chi connectivity index (χ2n) is 13.2. The van der Waals surface area contributed by atoms with E-state index in [4.69, 9.17) is 5.73 Å². The van der Waals surface area contributed by atoms with Crippen LogP contribution in [0.3, 0.4) is 0 Å². The number of unbranched alkanes of at least 4 members (excludes halogenated alkanes) is 1. The van der Waals surface area contributed by atoms with Crippen molar-refractivity contribution >= 4 is 23.2 Å². The first-order chi connectivity index (χ1) is 20.3. The molecule has 6 atom stereocenters. The summed E-state index contributed by atoms with van der Waals surface area (Å²) >= 11 is 0. The molecule has 4 aliphatic rings. The third-order valence-electron chi connectivity index (χ3n) is 10.4. The van der Waals surface area contributed by atoms with E-state index < -0.39 is 69.7 Å². The normalized spacial score (nSPS) is 33.3. The first-order valence-corrected chi connectivity index (χ1v) is 15.3. The topological polar surface area (TPSA) is 182 Å². The average Bonchev–Trinajstić information content (AvgIpc) is 2.94. The molecule has 0 aliphatic heterocycles. The maximum atomic E-state index is 14.1. The molecule has 0 heterocycles. The number of ketones is 2. The molecule has 1 unspecified atom stereocenters. The molecule has 7 N–H and O–H groups in total. The van der Waals surface area contributed by atoms with Gasteiger partial charge < -0.3 is 31.3 Å². The number of benzene rings is 1. The van der Waals surface area contributed by atoms with Crippen molar-refractivity contribution in [1.82, 2.24) is 4.90 Å². The monoisotopic (exact) mass is 595 g/mol. The highest BCUT2D eigenvalue weighted by atomic mass is 16.4. The zero-order valence-electron chi connectivity index (χ0n) is 25.2. The van der Waals surface area contributed by atoms with Gasteiger partial charge in [0.1, 0.15) is 22.8 Å². The Balaban J connectivity index is 1.66. The summed E-state index contributed by atoms with van der Waals surface area (Å²) < 4.78 is 0. The summed E-state index contributed by atoms with van der Waals surface area (Å²) in [6.07, 6.45) is 7.01. The molecule has 43 heavy (non-hydrogen) atoms. The maximum absolute atomic E-state index is 14.1. The van der Waals surface area contributed by atoms with Crippen LogP contribution in [0.15, 0.2) is 29.0 Å². The maximum Gasteiger partial charge on any atom is 0.255 e. The lowest BCUT2D eigenvalue weighted by Crippen LogP contribution is -2.70. The fourth-order valence-electron chi connectivity index (χ4n) is 8.08. The molecule has 0 bridgehead atoms. The highest BCUT2D eigenvalue weighted by molar-refractivity contribution is 6.24. The van der Waals surface area contributed by atoms with Gasteiger partial charge in [0.15, 0.2) is 11.4 Å². The van der Waals surface area contributed by atoms with Gasteiger partial charge in [0, 0.05) is 17.9 Å². The van der Waals surface area contributed by atoms with Crippen LogP contribution in [0, 0.1) is 30.1 Å². The molecule has 0 spiro atoms. The lowest BCUT2D eigenvalue weighted by atomic mass is 9.56. The second kappa shape index (κ2) is 11.4. The minimum Gasteiger partial charge on any atom is -0.508 e. The largest absolute Gasteiger partial charge is 0.508 e. The number of aliphatic hydroxyl groups excluding tert-OH is 3. The number of primary amides is 1. The molecule has 1 aromatic rings. The number of nitrogens with zero attached hydrogens (tertiary/aromatic N) is 1. The lowest BCUT2D eigenvalue weighted by molar-refractivity contribution is -0.167. The van der Waals surface area contributed by atoms with Crippen molar-refractivity contribution in [3.05, 3.63) is 52.1 Å². The molecule has 1 radical (unpaired) electrons. The summed E-state index contributed by atoms with van der Waals surface area (Å²) in [4.78, 5) is 40.9. The second-order valence-corrected chi connectivity index (χ2v) is 13.2. The first kappa shape index (κ1) is 31.2. The Kier molecular flexibility index (Phi) is 8.26. The fraction of sp³-hybridized carbons (Fsp3) is 0.576. The van der Waals surface area contributed by atoms with E-state index in [2.05, 4.69) is 13.8 Å². The van der Waals surface area contributed by atoms with Crippen LogP contribution in [0.4, 0.5) is 0 Å². The summed E-state index contributed by atoms with van der Waals surface area (Å²) in [7, 11) is 2.96. The Labute approximate surface area is 251 Å². The number of aromatic hydroxyl groups is 1. The van der Waals surface area contributed by atoms with Gasteiger partial charge in [0.25, 0.3) is 5.91 Å². The van der Waals surface area contributed by atoms with E-state index >= 15 is 0 Å². The third kappa shape index (κ3) is 4.69. The molecule has 1 amide bonds. The minimum absolute atomic E-state index is 0.0201. The van der Waals surface area contributed by atoms with Crippen LogP contribution in [-0.4, -0.2) is 79.7 Å². The van der Waals surface area contributed by atoms with Gasteiger partial charge in [0.05, 0.1) is 23.6 Å². The van der Waals surface area contributed by atoms with Gasteiger partial charge in [-0.15, -0.1) is 0 Å². The SMILES string of the molecule is CCCCC(c1ccc2c(c1O)C(O)=C1C(=O)[C@@]3(O)C(O)=C(C(N)=O)C(=O)[C@H](N(C)C)[C@H]3[C@H](O)[C@H]1[CH]2)C1CCC(C)CC1. The molecule has 0 aromatic heterocycles. The van der Waals surface area contributed by atoms with Crippen LogP contribution in [0.5, 0.6) is 5.75 Å². The Morgan fingerprint density at radius 1 is 1.12 bits per heavy atom. The van der Waals surface area contributed by atoms with E-state index in [1.807, 2.05) is 6.07 Å². The Morgan fingerprint density at radius 2 is 1.77 bits per heavy atom. The van der Waals surface area contributed by atoms with Crippen molar-refractivity contribution in [2.75, 3.05) is 14.1 Å². The average molecular weight is 596 g/mol. The number of hydrogen-bond donors (Lipinski definition) is 6. The molecule has 0 saturated heterocycles. The number of phenols is 1. The number of nitrogens with two attached hydrogens (primary N) is 1. The Bertz CT molecular complexity index is 1410. The summed E-state index contributed by atoms with van der Waals surface area (Å²) in [6.45, 7) is 4.36. The number of amides is 1.